The number of rotatable bonds is 6. The van der Waals surface area contributed by atoms with E-state index in [1.165, 1.54) is 17.5 Å². The Morgan fingerprint density at radius 3 is 2.94 bits per heavy atom. The average Bonchev–Trinajstić information content (AvgIpc) is 3.48. The minimum atomic E-state index is -0.189. The summed E-state index contributed by atoms with van der Waals surface area (Å²) in [5.74, 6) is 1.18. The van der Waals surface area contributed by atoms with E-state index in [2.05, 4.69) is 24.8 Å². The van der Waals surface area contributed by atoms with Crippen LogP contribution in [0.4, 0.5) is 0 Å². The maximum Gasteiger partial charge on any atom is 0.280 e. The van der Waals surface area contributed by atoms with Gasteiger partial charge in [0.2, 0.25) is 0 Å². The Balaban J connectivity index is 1.48. The highest BCUT2D eigenvalue weighted by Gasteiger charge is 2.31. The number of carbonyl (C=O) groups excluding carboxylic acids is 1. The van der Waals surface area contributed by atoms with Gasteiger partial charge in [-0.05, 0) is 44.6 Å². The molecule has 0 aromatic carbocycles. The summed E-state index contributed by atoms with van der Waals surface area (Å²) < 4.78 is 8.59. The maximum atomic E-state index is 12.7. The van der Waals surface area contributed by atoms with Crippen LogP contribution in [0.5, 0.6) is 0 Å². The lowest BCUT2D eigenvalue weighted by atomic mass is 9.90. The van der Waals surface area contributed by atoms with Crippen molar-refractivity contribution < 1.29 is 9.53 Å². The zero-order valence-electron chi connectivity index (χ0n) is 19.1. The molecule has 1 amide bonds. The molecular weight excluding hydrogens is 488 g/mol. The van der Waals surface area contributed by atoms with E-state index in [0.717, 1.165) is 68.3 Å². The van der Waals surface area contributed by atoms with Gasteiger partial charge in [-0.1, -0.05) is 22.9 Å². The molecule has 5 rings (SSSR count). The van der Waals surface area contributed by atoms with Gasteiger partial charge < -0.3 is 20.4 Å². The van der Waals surface area contributed by atoms with Gasteiger partial charge in [-0.25, -0.2) is 15.0 Å². The number of thiazole rings is 1. The quantitative estimate of drug-likeness (QED) is 0.338. The van der Waals surface area contributed by atoms with Crippen molar-refractivity contribution in [2.75, 3.05) is 13.2 Å². The van der Waals surface area contributed by atoms with Crippen molar-refractivity contribution in [2.24, 2.45) is 10.7 Å². The van der Waals surface area contributed by atoms with Crippen LogP contribution in [0.3, 0.4) is 0 Å². The molecule has 10 nitrogen and oxygen atoms in total. The van der Waals surface area contributed by atoms with E-state index in [0.29, 0.717) is 21.6 Å². The van der Waals surface area contributed by atoms with Gasteiger partial charge in [0.15, 0.2) is 10.8 Å². The molecule has 1 unspecified atom stereocenters. The molecule has 3 atom stereocenters. The lowest BCUT2D eigenvalue weighted by Gasteiger charge is -2.33. The highest BCUT2D eigenvalue weighted by atomic mass is 35.5. The number of pyridine rings is 1. The van der Waals surface area contributed by atoms with Crippen molar-refractivity contribution in [3.63, 3.8) is 0 Å². The lowest BCUT2D eigenvalue weighted by molar-refractivity contribution is 0.0761. The predicted molar refractivity (Wildman–Crippen MR) is 136 cm³/mol. The summed E-state index contributed by atoms with van der Waals surface area (Å²) in [4.78, 5) is 30.1. The molecule has 2 fully saturated rings. The number of aliphatic imine (C=N–C) groups is 1. The van der Waals surface area contributed by atoms with Crippen LogP contribution in [0.25, 0.3) is 11.0 Å². The number of amidine groups is 1. The fraction of sp³-hybridized carbons (Fsp3) is 0.478. The summed E-state index contributed by atoms with van der Waals surface area (Å²) in [5, 5.41) is 10.8. The Hall–Kier alpha value is -2.89. The summed E-state index contributed by atoms with van der Waals surface area (Å²) in [6.45, 7) is 1.41. The second-order valence-electron chi connectivity index (χ2n) is 8.92. The highest BCUT2D eigenvalue weighted by Crippen LogP contribution is 2.37. The molecule has 4 heterocycles. The third kappa shape index (κ3) is 5.07. The van der Waals surface area contributed by atoms with Gasteiger partial charge >= 0.3 is 0 Å². The smallest absolute Gasteiger partial charge is 0.280 e. The molecule has 0 radical (unpaired) electrons. The van der Waals surface area contributed by atoms with Crippen LogP contribution in [-0.2, 0) is 4.74 Å². The van der Waals surface area contributed by atoms with Gasteiger partial charge in [-0.15, -0.1) is 0 Å². The highest BCUT2D eigenvalue weighted by molar-refractivity contribution is 7.17. The van der Waals surface area contributed by atoms with Crippen LogP contribution >= 0.6 is 22.9 Å². The van der Waals surface area contributed by atoms with Crippen LogP contribution in [-0.4, -0.2) is 56.9 Å². The van der Waals surface area contributed by atoms with Crippen LogP contribution in [0, 0.1) is 5.41 Å². The molecule has 1 saturated heterocycles. The molecule has 2 aliphatic rings. The molecule has 35 heavy (non-hydrogen) atoms. The van der Waals surface area contributed by atoms with Crippen molar-refractivity contribution in [1.29, 1.82) is 5.41 Å². The summed E-state index contributed by atoms with van der Waals surface area (Å²) in [6.07, 6.45) is 9.77. The van der Waals surface area contributed by atoms with Gasteiger partial charge in [-0.3, -0.25) is 15.2 Å². The average molecular weight is 515 g/mol. The van der Waals surface area contributed by atoms with Crippen molar-refractivity contribution >= 4 is 52.1 Å². The number of imidazole rings is 1. The number of ether oxygens (including phenoxy) is 1. The Morgan fingerprint density at radius 1 is 1.31 bits per heavy atom. The first kappa shape index (κ1) is 23.8. The number of halogens is 1. The molecular formula is C23H27ClN8O2S. The van der Waals surface area contributed by atoms with Crippen LogP contribution in [0.2, 0.25) is 4.34 Å². The van der Waals surface area contributed by atoms with Crippen molar-refractivity contribution in [2.45, 2.75) is 56.5 Å². The number of nitrogens with two attached hydrogens (primary N) is 1. The van der Waals surface area contributed by atoms with E-state index in [-0.39, 0.29) is 29.7 Å². The third-order valence-corrected chi connectivity index (χ3v) is 7.73. The first-order chi connectivity index (χ1) is 17.0. The summed E-state index contributed by atoms with van der Waals surface area (Å²) in [6, 6.07) is 2.06. The van der Waals surface area contributed by atoms with Gasteiger partial charge in [0.25, 0.3) is 5.91 Å². The Kier molecular flexibility index (Phi) is 7.07. The van der Waals surface area contributed by atoms with Gasteiger partial charge in [-0.2, -0.15) is 0 Å². The monoisotopic (exact) mass is 514 g/mol. The first-order valence-electron chi connectivity index (χ1n) is 11.7. The van der Waals surface area contributed by atoms with E-state index in [1.54, 1.807) is 6.20 Å². The SMILES string of the molecule is N=CN=C(N)c1cc2c(cn1)nc(C1CCCOC1)n2[C@@H]1CCC[C@H](NC(=O)c2ncc(Cl)s2)C1. The Morgan fingerprint density at radius 2 is 2.20 bits per heavy atom. The predicted octanol–water partition coefficient (Wildman–Crippen LogP) is 3.66. The molecule has 4 N–H and O–H groups in total. The van der Waals surface area contributed by atoms with Gasteiger partial charge in [0.05, 0.1) is 24.5 Å². The van der Waals surface area contributed by atoms with Crippen LogP contribution in [0.15, 0.2) is 23.5 Å². The van der Waals surface area contributed by atoms with E-state index in [1.807, 2.05) is 6.07 Å². The molecule has 1 saturated carbocycles. The second-order valence-corrected chi connectivity index (χ2v) is 10.6. The molecule has 1 aliphatic carbocycles. The number of hydrogen-bond donors (Lipinski definition) is 3. The molecule has 3 aromatic rings. The maximum absolute atomic E-state index is 12.7. The molecule has 3 aromatic heterocycles. The molecule has 184 valence electrons. The summed E-state index contributed by atoms with van der Waals surface area (Å²) >= 11 is 7.14. The fourth-order valence-corrected chi connectivity index (χ4v) is 5.86. The fourth-order valence-electron chi connectivity index (χ4n) is 5.05. The summed E-state index contributed by atoms with van der Waals surface area (Å²) in [7, 11) is 0. The second kappa shape index (κ2) is 10.4. The molecule has 0 bridgehead atoms. The van der Waals surface area contributed by atoms with Gasteiger partial charge in [0, 0.05) is 24.6 Å². The number of hydrogen-bond acceptors (Lipinski definition) is 7. The van der Waals surface area contributed by atoms with E-state index in [4.69, 9.17) is 32.5 Å². The number of nitrogens with one attached hydrogen (secondary N) is 2. The number of aromatic nitrogens is 4. The van der Waals surface area contributed by atoms with Crippen molar-refractivity contribution in [3.8, 4) is 0 Å². The topological polar surface area (TPSA) is 144 Å². The normalized spacial score (nSPS) is 23.3. The number of fused-ring (bicyclic) bond motifs is 1. The molecule has 1 aliphatic heterocycles. The van der Waals surface area contributed by atoms with Crippen LogP contribution in [0.1, 0.15) is 71.8 Å². The first-order valence-corrected chi connectivity index (χ1v) is 12.9. The number of nitrogens with zero attached hydrogens (tertiary/aromatic N) is 5. The minimum Gasteiger partial charge on any atom is -0.382 e. The zero-order chi connectivity index (χ0) is 24.4. The largest absolute Gasteiger partial charge is 0.382 e. The Labute approximate surface area is 211 Å². The number of carbonyl (C=O) groups is 1. The minimum absolute atomic E-state index is 0.0164. The van der Waals surface area contributed by atoms with E-state index in [9.17, 15) is 4.79 Å². The third-order valence-electron chi connectivity index (χ3n) is 6.61. The van der Waals surface area contributed by atoms with Crippen molar-refractivity contribution in [3.05, 3.63) is 39.3 Å². The molecule has 12 heteroatoms. The zero-order valence-corrected chi connectivity index (χ0v) is 20.7. The van der Waals surface area contributed by atoms with E-state index < -0.39 is 0 Å². The van der Waals surface area contributed by atoms with Crippen LogP contribution < -0.4 is 11.1 Å². The van der Waals surface area contributed by atoms with Gasteiger partial charge in [0.1, 0.15) is 27.7 Å². The van der Waals surface area contributed by atoms with Crippen molar-refractivity contribution in [1.82, 2.24) is 24.8 Å². The summed E-state index contributed by atoms with van der Waals surface area (Å²) in [5.41, 5.74) is 8.27. The lowest BCUT2D eigenvalue weighted by Crippen LogP contribution is -2.39. The molecule has 0 spiro atoms. The van der Waals surface area contributed by atoms with E-state index >= 15 is 0 Å². The number of amides is 1. The standard InChI is InChI=1S/C23H27ClN8O2S/c24-19-10-28-23(35-19)22(33)30-14-4-1-5-15(7-14)32-18-8-16(20(26)29-12-25)27-9-17(18)31-21(32)13-3-2-6-34-11-13/h8-10,12-15H,1-7,11H2,(H,30,33)(H3,25,26,29)/t13?,14-,15+/m0/s1. The Bertz CT molecular complexity index is 1270.